The number of anilines is 1. The van der Waals surface area contributed by atoms with Gasteiger partial charge in [-0.1, -0.05) is 29.8 Å². The Balaban J connectivity index is 1.64. The van der Waals surface area contributed by atoms with E-state index in [1.54, 1.807) is 24.3 Å². The van der Waals surface area contributed by atoms with Crippen molar-refractivity contribution in [2.24, 2.45) is 0 Å². The van der Waals surface area contributed by atoms with Crippen LogP contribution in [0.25, 0.3) is 0 Å². The van der Waals surface area contributed by atoms with Crippen molar-refractivity contribution in [3.8, 4) is 0 Å². The van der Waals surface area contributed by atoms with Gasteiger partial charge in [-0.15, -0.1) is 0 Å². The van der Waals surface area contributed by atoms with E-state index >= 15 is 0 Å². The van der Waals surface area contributed by atoms with Gasteiger partial charge in [-0.25, -0.2) is 0 Å². The van der Waals surface area contributed by atoms with E-state index in [1.165, 1.54) is 15.5 Å². The van der Waals surface area contributed by atoms with Crippen LogP contribution in [0, 0.1) is 6.92 Å². The summed E-state index contributed by atoms with van der Waals surface area (Å²) in [7, 11) is -3.72. The van der Waals surface area contributed by atoms with Crippen molar-refractivity contribution in [1.82, 2.24) is 8.61 Å². The molecule has 0 bridgehead atoms. The predicted molar refractivity (Wildman–Crippen MR) is 112 cm³/mol. The van der Waals surface area contributed by atoms with Crippen LogP contribution < -0.4 is 5.32 Å². The van der Waals surface area contributed by atoms with Crippen LogP contribution in [0.3, 0.4) is 0 Å². The largest absolute Gasteiger partial charge is 0.325 e. The van der Waals surface area contributed by atoms with Gasteiger partial charge in [0.25, 0.3) is 10.2 Å². The van der Waals surface area contributed by atoms with Crippen LogP contribution in [0.15, 0.2) is 48.5 Å². The number of amides is 1. The lowest BCUT2D eigenvalue weighted by molar-refractivity contribution is -0.116. The summed E-state index contributed by atoms with van der Waals surface area (Å²) in [6.45, 7) is 4.23. The number of benzene rings is 2. The number of carbonyl (C=O) groups is 2. The number of carbonyl (C=O) groups excluding carboxylic acids is 2. The van der Waals surface area contributed by atoms with Crippen LogP contribution in [-0.4, -0.2) is 48.4 Å². The van der Waals surface area contributed by atoms with Crippen molar-refractivity contribution in [2.75, 3.05) is 25.0 Å². The first-order chi connectivity index (χ1) is 13.8. The molecule has 0 unspecified atom stereocenters. The van der Waals surface area contributed by atoms with Gasteiger partial charge >= 0.3 is 0 Å². The molecule has 0 radical (unpaired) electrons. The molecule has 2 aromatic carbocycles. The summed E-state index contributed by atoms with van der Waals surface area (Å²) in [5.41, 5.74) is 3.10. The van der Waals surface area contributed by atoms with E-state index in [-0.39, 0.29) is 18.9 Å². The third kappa shape index (κ3) is 5.29. The minimum atomic E-state index is -3.72. The number of nitrogens with zero attached hydrogens (tertiary/aromatic N) is 2. The molecule has 1 fully saturated rings. The summed E-state index contributed by atoms with van der Waals surface area (Å²) in [5, 5.41) is 2.69. The number of nitrogens with one attached hydrogen (secondary N) is 1. The molecular formula is C21H25N3O4S. The molecule has 1 aliphatic rings. The number of ketones is 1. The van der Waals surface area contributed by atoms with Crippen LogP contribution in [0.5, 0.6) is 0 Å². The highest BCUT2D eigenvalue weighted by molar-refractivity contribution is 7.86. The van der Waals surface area contributed by atoms with Gasteiger partial charge in [0.15, 0.2) is 5.78 Å². The van der Waals surface area contributed by atoms with E-state index in [4.69, 9.17) is 0 Å². The first kappa shape index (κ1) is 21.2. The Morgan fingerprint density at radius 2 is 1.59 bits per heavy atom. The van der Waals surface area contributed by atoms with Crippen molar-refractivity contribution in [2.45, 2.75) is 26.8 Å². The molecule has 1 amide bonds. The Kier molecular flexibility index (Phi) is 6.46. The smallest absolute Gasteiger partial charge is 0.282 e. The van der Waals surface area contributed by atoms with Crippen molar-refractivity contribution >= 4 is 27.6 Å². The zero-order valence-electron chi connectivity index (χ0n) is 16.6. The summed E-state index contributed by atoms with van der Waals surface area (Å²) in [6, 6.07) is 14.2. The van der Waals surface area contributed by atoms with Gasteiger partial charge in [-0.2, -0.15) is 17.0 Å². The fourth-order valence-electron chi connectivity index (χ4n) is 3.18. The zero-order chi connectivity index (χ0) is 21.0. The molecular weight excluding hydrogens is 390 g/mol. The lowest BCUT2D eigenvalue weighted by Crippen LogP contribution is -2.51. The highest BCUT2D eigenvalue weighted by Crippen LogP contribution is 2.20. The fraction of sp³-hybridized carbons (Fsp3) is 0.333. The number of Topliss-reactive ketones (excluding diaryl/α,β-unsaturated/α-hetero) is 1. The molecule has 0 aliphatic carbocycles. The Bertz CT molecular complexity index is 986. The number of rotatable bonds is 6. The molecule has 1 saturated heterocycles. The van der Waals surface area contributed by atoms with E-state index in [2.05, 4.69) is 5.32 Å². The monoisotopic (exact) mass is 415 g/mol. The van der Waals surface area contributed by atoms with Crippen LogP contribution in [0.2, 0.25) is 0 Å². The van der Waals surface area contributed by atoms with Crippen molar-refractivity contribution in [1.29, 1.82) is 0 Å². The highest BCUT2D eigenvalue weighted by atomic mass is 32.2. The van der Waals surface area contributed by atoms with E-state index < -0.39 is 16.1 Å². The molecule has 1 heterocycles. The summed E-state index contributed by atoms with van der Waals surface area (Å²) in [6.07, 6.45) is 0.658. The Morgan fingerprint density at radius 1 is 0.966 bits per heavy atom. The fourth-order valence-corrected chi connectivity index (χ4v) is 4.82. The highest BCUT2D eigenvalue weighted by Gasteiger charge is 2.34. The van der Waals surface area contributed by atoms with E-state index in [9.17, 15) is 18.0 Å². The van der Waals surface area contributed by atoms with Crippen LogP contribution >= 0.6 is 0 Å². The SMILES string of the molecule is CC(=O)c1ccc(NC(=O)CN2CCCN(Cc3ccc(C)cc3)S2(=O)=O)cc1. The Labute approximate surface area is 171 Å². The Hall–Kier alpha value is -2.55. The van der Waals surface area contributed by atoms with Gasteiger partial charge in [0.2, 0.25) is 5.91 Å². The topological polar surface area (TPSA) is 86.8 Å². The quantitative estimate of drug-likeness (QED) is 0.735. The van der Waals surface area contributed by atoms with Crippen LogP contribution in [-0.2, 0) is 21.5 Å². The first-order valence-corrected chi connectivity index (χ1v) is 10.9. The summed E-state index contributed by atoms with van der Waals surface area (Å²) in [4.78, 5) is 23.7. The zero-order valence-corrected chi connectivity index (χ0v) is 17.4. The number of hydrogen-bond donors (Lipinski definition) is 1. The number of aryl methyl sites for hydroxylation is 1. The maximum Gasteiger partial charge on any atom is 0.282 e. The molecule has 2 aromatic rings. The van der Waals surface area contributed by atoms with Gasteiger partial charge < -0.3 is 5.32 Å². The van der Waals surface area contributed by atoms with Gasteiger partial charge in [-0.3, -0.25) is 9.59 Å². The molecule has 154 valence electrons. The van der Waals surface area contributed by atoms with Gasteiger partial charge in [0.1, 0.15) is 0 Å². The molecule has 3 rings (SSSR count). The maximum absolute atomic E-state index is 12.9. The van der Waals surface area contributed by atoms with E-state index in [1.807, 2.05) is 31.2 Å². The summed E-state index contributed by atoms with van der Waals surface area (Å²) < 4.78 is 28.5. The van der Waals surface area contributed by atoms with Crippen molar-refractivity contribution < 1.29 is 18.0 Å². The summed E-state index contributed by atoms with van der Waals surface area (Å²) >= 11 is 0. The van der Waals surface area contributed by atoms with Gasteiger partial charge in [0.05, 0.1) is 6.54 Å². The normalized spacial score (nSPS) is 17.0. The van der Waals surface area contributed by atoms with Crippen molar-refractivity contribution in [3.05, 3.63) is 65.2 Å². The van der Waals surface area contributed by atoms with E-state index in [0.717, 1.165) is 11.1 Å². The molecule has 7 nitrogen and oxygen atoms in total. The van der Waals surface area contributed by atoms with Gasteiger partial charge in [-0.05, 0) is 50.1 Å². The second-order valence-electron chi connectivity index (χ2n) is 7.20. The minimum absolute atomic E-state index is 0.0593. The minimum Gasteiger partial charge on any atom is -0.325 e. The van der Waals surface area contributed by atoms with E-state index in [0.29, 0.717) is 30.8 Å². The third-order valence-electron chi connectivity index (χ3n) is 4.84. The predicted octanol–water partition coefficient (Wildman–Crippen LogP) is 2.59. The maximum atomic E-state index is 12.9. The molecule has 1 aliphatic heterocycles. The second kappa shape index (κ2) is 8.86. The molecule has 8 heteroatoms. The molecule has 29 heavy (non-hydrogen) atoms. The van der Waals surface area contributed by atoms with Crippen molar-refractivity contribution in [3.63, 3.8) is 0 Å². The van der Waals surface area contributed by atoms with Gasteiger partial charge in [0, 0.05) is 30.9 Å². The van der Waals surface area contributed by atoms with Crippen LogP contribution in [0.4, 0.5) is 5.69 Å². The lowest BCUT2D eigenvalue weighted by atomic mass is 10.1. The third-order valence-corrected chi connectivity index (χ3v) is 6.77. The first-order valence-electron chi connectivity index (χ1n) is 9.47. The molecule has 1 N–H and O–H groups in total. The molecule has 0 aromatic heterocycles. The molecule has 0 spiro atoms. The number of hydrogen-bond acceptors (Lipinski definition) is 4. The molecule has 0 saturated carbocycles. The second-order valence-corrected chi connectivity index (χ2v) is 9.12. The van der Waals surface area contributed by atoms with Crippen LogP contribution in [0.1, 0.15) is 34.8 Å². The summed E-state index contributed by atoms with van der Waals surface area (Å²) in [5.74, 6) is -0.475. The standard InChI is InChI=1S/C21H25N3O4S/c1-16-4-6-18(7-5-16)14-23-12-3-13-24(29(23,27)28)15-21(26)22-20-10-8-19(9-11-20)17(2)25/h4-11H,3,12-15H2,1-2H3,(H,22,26). The average Bonchev–Trinajstić information content (AvgIpc) is 2.67. The average molecular weight is 416 g/mol. The molecule has 0 atom stereocenters. The lowest BCUT2D eigenvalue weighted by Gasteiger charge is -2.34. The Morgan fingerprint density at radius 3 is 2.21 bits per heavy atom.